The highest BCUT2D eigenvalue weighted by atomic mass is 32.2. The van der Waals surface area contributed by atoms with Gasteiger partial charge in [0.05, 0.1) is 4.90 Å². The first-order chi connectivity index (χ1) is 10.1. The van der Waals surface area contributed by atoms with Crippen LogP contribution in [-0.2, 0) is 23.0 Å². The van der Waals surface area contributed by atoms with Gasteiger partial charge in [-0.2, -0.15) is 0 Å². The van der Waals surface area contributed by atoms with E-state index in [1.165, 1.54) is 18.4 Å². The third-order valence-corrected chi connectivity index (χ3v) is 4.78. The fourth-order valence-corrected chi connectivity index (χ4v) is 3.10. The van der Waals surface area contributed by atoms with Crippen molar-refractivity contribution in [2.75, 3.05) is 0 Å². The number of nitrogens with one attached hydrogen (secondary N) is 1. The second-order valence-corrected chi connectivity index (χ2v) is 6.82. The summed E-state index contributed by atoms with van der Waals surface area (Å²) in [6, 6.07) is 16.5. The maximum absolute atomic E-state index is 12.1. The second kappa shape index (κ2) is 7.38. The summed E-state index contributed by atoms with van der Waals surface area (Å²) in [5.74, 6) is 0. The predicted molar refractivity (Wildman–Crippen MR) is 85.5 cm³/mol. The van der Waals surface area contributed by atoms with Crippen molar-refractivity contribution in [1.29, 1.82) is 0 Å². The predicted octanol–water partition coefficient (Wildman–Crippen LogP) is 3.51. The van der Waals surface area contributed by atoms with E-state index in [0.29, 0.717) is 11.4 Å². The van der Waals surface area contributed by atoms with E-state index in [0.717, 1.165) is 12.0 Å². The van der Waals surface area contributed by atoms with Crippen LogP contribution in [0.15, 0.2) is 59.5 Å². The molecule has 3 nitrogen and oxygen atoms in total. The summed E-state index contributed by atoms with van der Waals surface area (Å²) in [6.45, 7) is 2.48. The summed E-state index contributed by atoms with van der Waals surface area (Å²) in [7, 11) is -3.43. The Morgan fingerprint density at radius 1 is 0.905 bits per heavy atom. The molecular formula is C17H21NO2S. The summed E-state index contributed by atoms with van der Waals surface area (Å²) in [5, 5.41) is 0. The molecule has 0 aliphatic carbocycles. The van der Waals surface area contributed by atoms with Gasteiger partial charge < -0.3 is 0 Å². The molecule has 0 saturated heterocycles. The van der Waals surface area contributed by atoms with Gasteiger partial charge >= 0.3 is 0 Å². The van der Waals surface area contributed by atoms with Crippen molar-refractivity contribution in [3.8, 4) is 0 Å². The van der Waals surface area contributed by atoms with Gasteiger partial charge in [-0.25, -0.2) is 13.1 Å². The molecule has 2 aromatic rings. The van der Waals surface area contributed by atoms with Gasteiger partial charge in [0.15, 0.2) is 0 Å². The second-order valence-electron chi connectivity index (χ2n) is 5.06. The van der Waals surface area contributed by atoms with Crippen LogP contribution in [0.4, 0.5) is 0 Å². The van der Waals surface area contributed by atoms with Gasteiger partial charge in [-0.1, -0.05) is 55.8 Å². The van der Waals surface area contributed by atoms with Gasteiger partial charge in [-0.15, -0.1) is 0 Å². The molecule has 0 saturated carbocycles. The van der Waals surface area contributed by atoms with Crippen LogP contribution in [0.1, 0.15) is 30.9 Å². The minimum absolute atomic E-state index is 0.296. The zero-order valence-corrected chi connectivity index (χ0v) is 13.1. The Morgan fingerprint density at radius 3 is 2.14 bits per heavy atom. The normalized spacial score (nSPS) is 11.5. The number of hydrogen-bond acceptors (Lipinski definition) is 2. The van der Waals surface area contributed by atoms with Crippen LogP contribution < -0.4 is 4.72 Å². The maximum Gasteiger partial charge on any atom is 0.240 e. The van der Waals surface area contributed by atoms with Gasteiger partial charge in [0.25, 0.3) is 0 Å². The molecule has 0 atom stereocenters. The molecule has 2 rings (SSSR count). The molecule has 0 unspecified atom stereocenters. The van der Waals surface area contributed by atoms with Crippen LogP contribution in [0, 0.1) is 0 Å². The lowest BCUT2D eigenvalue weighted by Gasteiger charge is -2.07. The minimum Gasteiger partial charge on any atom is -0.207 e. The van der Waals surface area contributed by atoms with Crippen molar-refractivity contribution >= 4 is 10.0 Å². The molecule has 112 valence electrons. The molecular weight excluding hydrogens is 282 g/mol. The van der Waals surface area contributed by atoms with Gasteiger partial charge in [-0.05, 0) is 36.1 Å². The van der Waals surface area contributed by atoms with E-state index in [4.69, 9.17) is 0 Å². The minimum atomic E-state index is -3.43. The Bertz CT molecular complexity index is 649. The summed E-state index contributed by atoms with van der Waals surface area (Å²) in [5.41, 5.74) is 2.27. The fourth-order valence-electron chi connectivity index (χ4n) is 2.07. The van der Waals surface area contributed by atoms with Crippen molar-refractivity contribution in [3.63, 3.8) is 0 Å². The largest absolute Gasteiger partial charge is 0.240 e. The third-order valence-electron chi connectivity index (χ3n) is 3.36. The van der Waals surface area contributed by atoms with Gasteiger partial charge in [-0.3, -0.25) is 0 Å². The smallest absolute Gasteiger partial charge is 0.207 e. The van der Waals surface area contributed by atoms with Crippen LogP contribution in [0.2, 0.25) is 0 Å². The monoisotopic (exact) mass is 303 g/mol. The summed E-state index contributed by atoms with van der Waals surface area (Å²) in [6.07, 6.45) is 3.44. The standard InChI is InChI=1S/C17H21NO2S/c1-2-3-7-15-10-12-16(13-11-15)14-18-21(19,20)17-8-5-4-6-9-17/h4-6,8-13,18H,2-3,7,14H2,1H3. The summed E-state index contributed by atoms with van der Waals surface area (Å²) >= 11 is 0. The SMILES string of the molecule is CCCCc1ccc(CNS(=O)(=O)c2ccccc2)cc1. The van der Waals surface area contributed by atoms with Crippen molar-refractivity contribution in [1.82, 2.24) is 4.72 Å². The molecule has 0 spiro atoms. The van der Waals surface area contributed by atoms with Gasteiger partial charge in [0, 0.05) is 6.54 Å². The molecule has 1 N–H and O–H groups in total. The molecule has 4 heteroatoms. The van der Waals surface area contributed by atoms with E-state index < -0.39 is 10.0 Å². The molecule has 0 bridgehead atoms. The van der Waals surface area contributed by atoms with Crippen LogP contribution in [0.25, 0.3) is 0 Å². The van der Waals surface area contributed by atoms with Crippen molar-refractivity contribution in [2.24, 2.45) is 0 Å². The molecule has 21 heavy (non-hydrogen) atoms. The van der Waals surface area contributed by atoms with E-state index >= 15 is 0 Å². The molecule has 0 amide bonds. The summed E-state index contributed by atoms with van der Waals surface area (Å²) in [4.78, 5) is 0.296. The lowest BCUT2D eigenvalue weighted by molar-refractivity contribution is 0.581. The first kappa shape index (κ1) is 15.7. The Labute approximate surface area is 127 Å². The summed E-state index contributed by atoms with van der Waals surface area (Å²) < 4.78 is 26.8. The van der Waals surface area contributed by atoms with E-state index in [2.05, 4.69) is 23.8 Å². The van der Waals surface area contributed by atoms with Crippen LogP contribution in [0.3, 0.4) is 0 Å². The zero-order valence-electron chi connectivity index (χ0n) is 12.2. The first-order valence-electron chi connectivity index (χ1n) is 7.24. The number of sulfonamides is 1. The molecule has 0 fully saturated rings. The van der Waals surface area contributed by atoms with Gasteiger partial charge in [0.2, 0.25) is 10.0 Å². The molecule has 0 aromatic heterocycles. The Kier molecular flexibility index (Phi) is 5.53. The topological polar surface area (TPSA) is 46.2 Å². The number of aryl methyl sites for hydroxylation is 1. The Morgan fingerprint density at radius 2 is 1.52 bits per heavy atom. The van der Waals surface area contributed by atoms with E-state index in [9.17, 15) is 8.42 Å². The third kappa shape index (κ3) is 4.69. The molecule has 0 aliphatic rings. The van der Waals surface area contributed by atoms with Crippen LogP contribution in [-0.4, -0.2) is 8.42 Å². The van der Waals surface area contributed by atoms with E-state index in [1.807, 2.05) is 12.1 Å². The molecule has 2 aromatic carbocycles. The lowest BCUT2D eigenvalue weighted by atomic mass is 10.1. The zero-order chi connectivity index (χ0) is 15.1. The van der Waals surface area contributed by atoms with Crippen LogP contribution in [0.5, 0.6) is 0 Å². The highest BCUT2D eigenvalue weighted by molar-refractivity contribution is 7.89. The maximum atomic E-state index is 12.1. The quantitative estimate of drug-likeness (QED) is 0.851. The highest BCUT2D eigenvalue weighted by Crippen LogP contribution is 2.10. The Balaban J connectivity index is 1.97. The van der Waals surface area contributed by atoms with E-state index in [1.54, 1.807) is 30.3 Å². The lowest BCUT2D eigenvalue weighted by Crippen LogP contribution is -2.23. The highest BCUT2D eigenvalue weighted by Gasteiger charge is 2.12. The van der Waals surface area contributed by atoms with Crippen molar-refractivity contribution in [3.05, 3.63) is 65.7 Å². The van der Waals surface area contributed by atoms with Gasteiger partial charge in [0.1, 0.15) is 0 Å². The average Bonchev–Trinajstić information content (AvgIpc) is 2.53. The van der Waals surface area contributed by atoms with Crippen LogP contribution >= 0.6 is 0 Å². The number of unbranched alkanes of at least 4 members (excludes halogenated alkanes) is 1. The van der Waals surface area contributed by atoms with Crippen molar-refractivity contribution < 1.29 is 8.42 Å². The van der Waals surface area contributed by atoms with E-state index in [-0.39, 0.29) is 0 Å². The average molecular weight is 303 g/mol. The molecule has 0 aliphatic heterocycles. The molecule has 0 radical (unpaired) electrons. The number of hydrogen-bond donors (Lipinski definition) is 1. The number of benzene rings is 2. The fraction of sp³-hybridized carbons (Fsp3) is 0.294. The van der Waals surface area contributed by atoms with Crippen molar-refractivity contribution in [2.45, 2.75) is 37.6 Å². The molecule has 0 heterocycles. The Hall–Kier alpha value is -1.65. The number of rotatable bonds is 7. The first-order valence-corrected chi connectivity index (χ1v) is 8.72.